The van der Waals surface area contributed by atoms with Crippen molar-refractivity contribution in [2.24, 2.45) is 0 Å². The van der Waals surface area contributed by atoms with E-state index in [1.54, 1.807) is 37.4 Å². The highest BCUT2D eigenvalue weighted by Gasteiger charge is 2.26. The van der Waals surface area contributed by atoms with Gasteiger partial charge in [0.1, 0.15) is 23.7 Å². The third-order valence-corrected chi connectivity index (χ3v) is 4.23. The monoisotopic (exact) mass is 402 g/mol. The van der Waals surface area contributed by atoms with E-state index in [-0.39, 0.29) is 17.3 Å². The van der Waals surface area contributed by atoms with Gasteiger partial charge in [0.2, 0.25) is 0 Å². The zero-order valence-corrected chi connectivity index (χ0v) is 15.8. The molecule has 0 atom stereocenters. The Labute approximate surface area is 166 Å². The van der Waals surface area contributed by atoms with E-state index in [1.807, 2.05) is 12.1 Å². The first-order valence-electron chi connectivity index (χ1n) is 7.90. The number of hydrogen-bond acceptors (Lipinski definition) is 5. The fraction of sp³-hybridized carbons (Fsp3) is 0.105. The van der Waals surface area contributed by atoms with E-state index < -0.39 is 11.8 Å². The third kappa shape index (κ3) is 4.64. The lowest BCUT2D eigenvalue weighted by atomic mass is 10.1. The number of thiocarbonyl (C=S) groups is 1. The van der Waals surface area contributed by atoms with Gasteiger partial charge in [0.25, 0.3) is 11.8 Å². The number of hydrogen-bond donors (Lipinski definition) is 2. The zero-order valence-electron chi connectivity index (χ0n) is 14.2. The molecule has 1 heterocycles. The quantitative estimate of drug-likeness (QED) is 0.457. The van der Waals surface area contributed by atoms with Gasteiger partial charge in [-0.15, -0.1) is 0 Å². The molecule has 1 aliphatic heterocycles. The van der Waals surface area contributed by atoms with Crippen molar-refractivity contribution in [3.8, 4) is 11.5 Å². The predicted octanol–water partition coefficient (Wildman–Crippen LogP) is 2.84. The van der Waals surface area contributed by atoms with Gasteiger partial charge in [0, 0.05) is 16.7 Å². The SMILES string of the molecule is COc1ccc(C=C2C(=O)NC(=S)NC2=O)c(OCc2ccc(Cl)cc2)c1. The van der Waals surface area contributed by atoms with E-state index in [1.165, 1.54) is 6.08 Å². The number of carbonyl (C=O) groups is 2. The molecule has 0 saturated carbocycles. The molecule has 3 rings (SSSR count). The van der Waals surface area contributed by atoms with E-state index in [9.17, 15) is 9.59 Å². The largest absolute Gasteiger partial charge is 0.497 e. The van der Waals surface area contributed by atoms with Crippen LogP contribution < -0.4 is 20.1 Å². The van der Waals surface area contributed by atoms with Gasteiger partial charge in [-0.25, -0.2) is 0 Å². The molecule has 0 bridgehead atoms. The zero-order chi connectivity index (χ0) is 19.4. The van der Waals surface area contributed by atoms with Gasteiger partial charge in [0.15, 0.2) is 5.11 Å². The number of ether oxygens (including phenoxy) is 2. The van der Waals surface area contributed by atoms with E-state index in [0.717, 1.165) is 5.56 Å². The van der Waals surface area contributed by atoms with Gasteiger partial charge in [-0.3, -0.25) is 20.2 Å². The average Bonchev–Trinajstić information content (AvgIpc) is 2.64. The summed E-state index contributed by atoms with van der Waals surface area (Å²) in [6.07, 6.45) is 1.45. The summed E-state index contributed by atoms with van der Waals surface area (Å²) in [6.45, 7) is 0.281. The molecule has 1 aliphatic rings. The first-order chi connectivity index (χ1) is 13.0. The standard InChI is InChI=1S/C19H15ClN2O4S/c1-25-14-7-4-12(8-15-17(23)21-19(27)22-18(15)24)16(9-14)26-10-11-2-5-13(20)6-3-11/h2-9H,10H2,1H3,(H2,21,22,23,24,27). The van der Waals surface area contributed by atoms with Crippen molar-refractivity contribution < 1.29 is 19.1 Å². The fourth-order valence-corrected chi connectivity index (χ4v) is 2.70. The van der Waals surface area contributed by atoms with Gasteiger partial charge in [0.05, 0.1) is 7.11 Å². The van der Waals surface area contributed by atoms with Crippen LogP contribution in [-0.4, -0.2) is 24.0 Å². The molecular formula is C19H15ClN2O4S. The van der Waals surface area contributed by atoms with Gasteiger partial charge < -0.3 is 9.47 Å². The molecule has 0 unspecified atom stereocenters. The number of nitrogens with one attached hydrogen (secondary N) is 2. The maximum absolute atomic E-state index is 12.1. The Kier molecular flexibility index (Phi) is 5.73. The smallest absolute Gasteiger partial charge is 0.263 e. The summed E-state index contributed by atoms with van der Waals surface area (Å²) in [6, 6.07) is 12.3. The van der Waals surface area contributed by atoms with Gasteiger partial charge >= 0.3 is 0 Å². The number of rotatable bonds is 5. The van der Waals surface area contributed by atoms with Crippen LogP contribution in [0.5, 0.6) is 11.5 Å². The number of amides is 2. The van der Waals surface area contributed by atoms with Crippen LogP contribution >= 0.6 is 23.8 Å². The molecule has 1 saturated heterocycles. The van der Waals surface area contributed by atoms with Crippen LogP contribution in [0.3, 0.4) is 0 Å². The van der Waals surface area contributed by atoms with Crippen LogP contribution in [0.25, 0.3) is 6.08 Å². The summed E-state index contributed by atoms with van der Waals surface area (Å²) in [4.78, 5) is 24.1. The first-order valence-corrected chi connectivity index (χ1v) is 8.68. The Bertz CT molecular complexity index is 919. The highest BCUT2D eigenvalue weighted by atomic mass is 35.5. The van der Waals surface area contributed by atoms with E-state index >= 15 is 0 Å². The molecule has 8 heteroatoms. The minimum absolute atomic E-state index is 0.0175. The molecule has 0 aromatic heterocycles. The number of carbonyl (C=O) groups excluding carboxylic acids is 2. The van der Waals surface area contributed by atoms with E-state index in [0.29, 0.717) is 22.1 Å². The maximum Gasteiger partial charge on any atom is 0.263 e. The van der Waals surface area contributed by atoms with Gasteiger partial charge in [-0.2, -0.15) is 0 Å². The molecule has 27 heavy (non-hydrogen) atoms. The Morgan fingerprint density at radius 1 is 1.07 bits per heavy atom. The second kappa shape index (κ2) is 8.20. The second-order valence-electron chi connectivity index (χ2n) is 5.61. The molecular weight excluding hydrogens is 388 g/mol. The molecule has 138 valence electrons. The highest BCUT2D eigenvalue weighted by Crippen LogP contribution is 2.28. The number of benzene rings is 2. The maximum atomic E-state index is 12.1. The first kappa shape index (κ1) is 18.9. The normalized spacial score (nSPS) is 13.7. The lowest BCUT2D eigenvalue weighted by Crippen LogP contribution is -2.51. The summed E-state index contributed by atoms with van der Waals surface area (Å²) in [5.74, 6) is -0.0843. The van der Waals surface area contributed by atoms with Crippen molar-refractivity contribution >= 4 is 46.8 Å². The molecule has 1 fully saturated rings. The van der Waals surface area contributed by atoms with Crippen molar-refractivity contribution in [1.82, 2.24) is 10.6 Å². The minimum Gasteiger partial charge on any atom is -0.497 e. The average molecular weight is 403 g/mol. The van der Waals surface area contributed by atoms with Crippen LogP contribution in [0.15, 0.2) is 48.0 Å². The van der Waals surface area contributed by atoms with E-state index in [2.05, 4.69) is 10.6 Å². The lowest BCUT2D eigenvalue weighted by molar-refractivity contribution is -0.123. The minimum atomic E-state index is -0.566. The molecule has 2 aromatic carbocycles. The van der Waals surface area contributed by atoms with Crippen molar-refractivity contribution in [1.29, 1.82) is 0 Å². The summed E-state index contributed by atoms with van der Waals surface area (Å²) in [7, 11) is 1.54. The van der Waals surface area contributed by atoms with Crippen LogP contribution in [0.2, 0.25) is 5.02 Å². The van der Waals surface area contributed by atoms with Crippen molar-refractivity contribution in [2.75, 3.05) is 7.11 Å². The van der Waals surface area contributed by atoms with Gasteiger partial charge in [-0.1, -0.05) is 23.7 Å². The predicted molar refractivity (Wildman–Crippen MR) is 106 cm³/mol. The van der Waals surface area contributed by atoms with Crippen LogP contribution in [0, 0.1) is 0 Å². The topological polar surface area (TPSA) is 76.7 Å². The van der Waals surface area contributed by atoms with Gasteiger partial charge in [-0.05, 0) is 48.1 Å². The molecule has 0 radical (unpaired) electrons. The molecule has 0 spiro atoms. The van der Waals surface area contributed by atoms with Crippen molar-refractivity contribution in [3.05, 3.63) is 64.2 Å². The summed E-state index contributed by atoms with van der Waals surface area (Å²) >= 11 is 10.7. The van der Waals surface area contributed by atoms with Crippen LogP contribution in [0.1, 0.15) is 11.1 Å². The fourth-order valence-electron chi connectivity index (χ4n) is 2.39. The lowest BCUT2D eigenvalue weighted by Gasteiger charge is -2.17. The Hall–Kier alpha value is -2.90. The molecule has 2 aromatic rings. The summed E-state index contributed by atoms with van der Waals surface area (Å²) in [5.41, 5.74) is 1.40. The van der Waals surface area contributed by atoms with Crippen LogP contribution in [0.4, 0.5) is 0 Å². The Morgan fingerprint density at radius 2 is 1.74 bits per heavy atom. The Balaban J connectivity index is 1.89. The van der Waals surface area contributed by atoms with Crippen LogP contribution in [-0.2, 0) is 16.2 Å². The summed E-state index contributed by atoms with van der Waals surface area (Å²) in [5, 5.41) is 5.42. The highest BCUT2D eigenvalue weighted by molar-refractivity contribution is 7.80. The number of halogens is 1. The van der Waals surface area contributed by atoms with E-state index in [4.69, 9.17) is 33.3 Å². The molecule has 2 N–H and O–H groups in total. The van der Waals surface area contributed by atoms with Crippen molar-refractivity contribution in [2.45, 2.75) is 6.61 Å². The molecule has 0 aliphatic carbocycles. The Morgan fingerprint density at radius 3 is 2.37 bits per heavy atom. The second-order valence-corrected chi connectivity index (χ2v) is 6.46. The third-order valence-electron chi connectivity index (χ3n) is 3.77. The number of methoxy groups -OCH3 is 1. The molecule has 2 amide bonds. The van der Waals surface area contributed by atoms with Crippen molar-refractivity contribution in [3.63, 3.8) is 0 Å². The summed E-state index contributed by atoms with van der Waals surface area (Å²) < 4.78 is 11.1. The molecule has 6 nitrogen and oxygen atoms in total.